The number of nitrogens with two attached hydrogens (primary N) is 3. The van der Waals surface area contributed by atoms with Gasteiger partial charge in [0.05, 0.1) is 0 Å². The first-order valence-corrected chi connectivity index (χ1v) is 13.5. The third kappa shape index (κ3) is 0.0973. The van der Waals surface area contributed by atoms with Crippen molar-refractivity contribution in [3.05, 3.63) is 0 Å². The summed E-state index contributed by atoms with van der Waals surface area (Å²) in [4.78, 5) is 16.1. The summed E-state index contributed by atoms with van der Waals surface area (Å²) >= 11 is 0. The van der Waals surface area contributed by atoms with Crippen molar-refractivity contribution in [3.8, 4) is 0 Å². The van der Waals surface area contributed by atoms with Gasteiger partial charge in [-0.2, -0.15) is 0 Å². The van der Waals surface area contributed by atoms with Gasteiger partial charge in [-0.25, -0.2) is 0 Å². The molecule has 10 heterocycles. The Morgan fingerprint density at radius 3 is 1.75 bits per heavy atom. The third-order valence-corrected chi connectivity index (χ3v) is 58.0. The molecule has 6 N–H and O–H groups in total. The van der Waals surface area contributed by atoms with Gasteiger partial charge >= 0.3 is 99.1 Å². The van der Waals surface area contributed by atoms with Crippen molar-refractivity contribution in [1.29, 1.82) is 0 Å². The number of hydrogen-bond acceptors (Lipinski definition) is 4. The van der Waals surface area contributed by atoms with Crippen LogP contribution in [0.4, 0.5) is 0 Å². The van der Waals surface area contributed by atoms with Gasteiger partial charge in [0.2, 0.25) is 0 Å². The van der Waals surface area contributed by atoms with Crippen molar-refractivity contribution in [2.45, 2.75) is 47.7 Å². The van der Waals surface area contributed by atoms with E-state index >= 15 is 0 Å². The molecule has 0 bridgehead atoms. The molecule has 4 atom stereocenters. The van der Waals surface area contributed by atoms with E-state index in [4.69, 9.17) is 17.5 Å². The Balaban J connectivity index is 0.000000784. The van der Waals surface area contributed by atoms with Gasteiger partial charge in [-0.1, -0.05) is 0 Å². The number of rotatable bonds is 1. The Morgan fingerprint density at radius 2 is 1.50 bits per heavy atom. The Hall–Kier alpha value is -0.331. The standard InChI is InChI=1S/C7H11N6.C5H5.ClH.Fe/c8-12-7(13(9)10)11-5-6-3-1-2-4-6;1-2-4-5-3-1;;/h1-5H,8-10H2;1-5H;1H;. The molecule has 10 rings (SSSR count). The molecule has 0 aromatic heterocycles. The first-order valence-electron chi connectivity index (χ1n) is 7.25. The summed E-state index contributed by atoms with van der Waals surface area (Å²) in [5.41, 5.74) is 0. The van der Waals surface area contributed by atoms with Crippen LogP contribution in [0.5, 0.6) is 0 Å². The number of aliphatic imine (C=N–C) groups is 1. The number of hydrogen-bond donors (Lipinski definition) is 3. The topological polar surface area (TPSA) is 106 Å². The fourth-order valence-electron chi connectivity index (χ4n) is 17.0. The van der Waals surface area contributed by atoms with E-state index in [9.17, 15) is 0 Å². The first-order chi connectivity index (χ1) is 8.91. The number of guanidine groups is 1. The molecule has 8 heteroatoms. The molecule has 10 fully saturated rings. The quantitative estimate of drug-likeness (QED) is 0.222. The van der Waals surface area contributed by atoms with Gasteiger partial charge in [-0.3, -0.25) is 0 Å². The Morgan fingerprint density at radius 1 is 1.00 bits per heavy atom. The van der Waals surface area contributed by atoms with Crippen LogP contribution in [0.1, 0.15) is 0 Å². The van der Waals surface area contributed by atoms with E-state index < -0.39 is 6.51 Å². The van der Waals surface area contributed by atoms with E-state index in [1.807, 2.05) is 0 Å². The normalized spacial score (nSPS) is 104. The number of hydrazine groups is 2. The fraction of sp³-hybridized carbons (Fsp3) is 0.833. The molecule has 0 saturated carbocycles. The summed E-state index contributed by atoms with van der Waals surface area (Å²) in [6.07, 6.45) is 2.30. The van der Waals surface area contributed by atoms with E-state index in [0.29, 0.717) is 4.31 Å². The second-order valence-corrected chi connectivity index (χ2v) is 34.4. The second kappa shape index (κ2) is 0.776. The van der Waals surface area contributed by atoms with Crippen molar-refractivity contribution in [2.75, 3.05) is 0 Å². The van der Waals surface area contributed by atoms with Gasteiger partial charge in [0.15, 0.2) is 0 Å². The summed E-state index contributed by atoms with van der Waals surface area (Å²) in [6, 6.07) is 0. The van der Waals surface area contributed by atoms with Crippen LogP contribution in [0, 0.1) is 0 Å². The van der Waals surface area contributed by atoms with Gasteiger partial charge in [0.1, 0.15) is 0 Å². The maximum atomic E-state index is 5.52. The van der Waals surface area contributed by atoms with E-state index in [1.165, 1.54) is 43.3 Å². The fourth-order valence-corrected chi connectivity index (χ4v) is 90.5. The molecule has 0 aromatic rings. The van der Waals surface area contributed by atoms with Crippen LogP contribution >= 0.6 is 12.4 Å². The zero-order valence-electron chi connectivity index (χ0n) is 10.6. The van der Waals surface area contributed by atoms with Crippen molar-refractivity contribution in [3.63, 3.8) is 0 Å². The predicted octanol–water partition coefficient (Wildman–Crippen LogP) is 1.52. The summed E-state index contributed by atoms with van der Waals surface area (Å²) in [6.45, 7) is -3.02. The zero-order chi connectivity index (χ0) is 12.3. The first kappa shape index (κ1) is 8.95. The van der Waals surface area contributed by atoms with Crippen LogP contribution in [0.3, 0.4) is 0 Å². The SMILES string of the molecule is Cl.NN=C(N=C[C]12[CH]3[CH]4[CH]5[CH]1[Fe]45321678[CH]2[CH]1[CH]6[CH]7[CH]28)N(N)N. The van der Waals surface area contributed by atoms with Gasteiger partial charge < -0.3 is 0 Å². The molecule has 0 aromatic carbocycles. The van der Waals surface area contributed by atoms with Crippen LogP contribution in [-0.4, -0.2) is 17.3 Å². The molecule has 10 aliphatic heterocycles. The molecule has 110 valence electrons. The second-order valence-electron chi connectivity index (χ2n) is 10.8. The minimum absolute atomic E-state index is 0. The Bertz CT molecular complexity index is 1010. The van der Waals surface area contributed by atoms with Crippen molar-refractivity contribution in [2.24, 2.45) is 27.6 Å². The van der Waals surface area contributed by atoms with E-state index in [0.717, 1.165) is 5.12 Å². The summed E-state index contributed by atoms with van der Waals surface area (Å²) < 4.78 is 0.644. The molecule has 4 unspecified atom stereocenters. The number of fused-ring (bicyclic) bond motifs is 10. The molecule has 0 aliphatic carbocycles. The van der Waals surface area contributed by atoms with Crippen LogP contribution < -0.4 is 17.5 Å². The summed E-state index contributed by atoms with van der Waals surface area (Å²) in [5.74, 6) is 16.6. The number of halogens is 1. The van der Waals surface area contributed by atoms with Crippen LogP contribution in [-0.2, 0) is 6.51 Å². The summed E-state index contributed by atoms with van der Waals surface area (Å²) in [5, 5.41) is 4.55. The van der Waals surface area contributed by atoms with Crippen molar-refractivity contribution >= 4 is 24.6 Å². The molecule has 0 amide bonds. The number of hydrazone groups is 1. The summed E-state index contributed by atoms with van der Waals surface area (Å²) in [7, 11) is 0. The molecular weight excluding hydrogens is 319 g/mol. The molecule has 0 radical (unpaired) electrons. The van der Waals surface area contributed by atoms with Gasteiger partial charge in [0, 0.05) is 0 Å². The van der Waals surface area contributed by atoms with Crippen LogP contribution in [0.25, 0.3) is 0 Å². The van der Waals surface area contributed by atoms with E-state index in [1.54, 1.807) is 0 Å². The van der Waals surface area contributed by atoms with Crippen molar-refractivity contribution < 1.29 is 6.51 Å². The van der Waals surface area contributed by atoms with Gasteiger partial charge in [-0.05, 0) is 0 Å². The molecule has 20 heavy (non-hydrogen) atoms. The molecule has 1 spiro atoms. The monoisotopic (exact) mass is 336 g/mol. The molecule has 10 saturated heterocycles. The third-order valence-electron chi connectivity index (χ3n) is 15.5. The molecule has 10 aliphatic rings. The van der Waals surface area contributed by atoms with Crippen molar-refractivity contribution in [1.82, 2.24) is 5.12 Å². The zero-order valence-corrected chi connectivity index (χ0v) is 12.5. The predicted molar refractivity (Wildman–Crippen MR) is 74.0 cm³/mol. The molecular formula is C12H17ClFeN6. The Labute approximate surface area is 111 Å². The van der Waals surface area contributed by atoms with E-state index in [-0.39, 0.29) is 18.4 Å². The Kier molecular flexibility index (Phi) is 0.347. The molecule has 6 nitrogen and oxygen atoms in total. The van der Waals surface area contributed by atoms with Crippen LogP contribution in [0.15, 0.2) is 10.1 Å². The van der Waals surface area contributed by atoms with Gasteiger partial charge in [-0.15, -0.1) is 12.4 Å². The minimum atomic E-state index is -3.02. The maximum absolute atomic E-state index is 5.52. The average molecular weight is 337 g/mol. The van der Waals surface area contributed by atoms with Gasteiger partial charge in [0.25, 0.3) is 0 Å². The van der Waals surface area contributed by atoms with Crippen LogP contribution in [0.2, 0.25) is 47.7 Å². The van der Waals surface area contributed by atoms with E-state index in [2.05, 4.69) is 16.3 Å². The number of nitrogens with zero attached hydrogens (tertiary/aromatic N) is 3. The average Bonchev–Trinajstić information content (AvgIpc) is 3.33.